The number of hydrogen-bond donors (Lipinski definition) is 1. The van der Waals surface area contributed by atoms with Crippen molar-refractivity contribution in [2.45, 2.75) is 46.5 Å². The molecule has 0 fully saturated rings. The van der Waals surface area contributed by atoms with Crippen molar-refractivity contribution in [2.24, 2.45) is 0 Å². The molecule has 122 valence electrons. The molecule has 3 heteroatoms. The molecule has 0 saturated heterocycles. The van der Waals surface area contributed by atoms with Crippen molar-refractivity contribution >= 4 is 29.0 Å². The molecule has 2 aromatic rings. The molecular formula is C20H25NOS. The Bertz CT molecular complexity index is 684. The fourth-order valence-electron chi connectivity index (χ4n) is 2.57. The number of rotatable bonds is 5. The van der Waals surface area contributed by atoms with E-state index in [1.165, 1.54) is 16.7 Å². The Labute approximate surface area is 143 Å². The van der Waals surface area contributed by atoms with Crippen LogP contribution in [0.15, 0.2) is 35.7 Å². The van der Waals surface area contributed by atoms with Crippen LogP contribution in [-0.4, -0.2) is 5.91 Å². The molecule has 0 aliphatic carbocycles. The summed E-state index contributed by atoms with van der Waals surface area (Å²) in [7, 11) is 0. The first kappa shape index (κ1) is 17.5. The first-order valence-corrected chi connectivity index (χ1v) is 8.94. The molecule has 2 rings (SSSR count). The van der Waals surface area contributed by atoms with Gasteiger partial charge < -0.3 is 5.32 Å². The minimum absolute atomic E-state index is 0.0761. The van der Waals surface area contributed by atoms with Crippen LogP contribution in [-0.2, 0) is 4.79 Å². The highest BCUT2D eigenvalue weighted by atomic mass is 32.1. The summed E-state index contributed by atoms with van der Waals surface area (Å²) < 4.78 is 0. The Hall–Kier alpha value is -1.87. The number of nitrogens with one attached hydrogen (secondary N) is 1. The van der Waals surface area contributed by atoms with Gasteiger partial charge in [-0.15, -0.1) is 11.3 Å². The van der Waals surface area contributed by atoms with E-state index in [2.05, 4.69) is 64.2 Å². The lowest BCUT2D eigenvalue weighted by molar-refractivity contribution is -0.111. The molecule has 1 aromatic heterocycles. The van der Waals surface area contributed by atoms with Gasteiger partial charge >= 0.3 is 0 Å². The van der Waals surface area contributed by atoms with Crippen LogP contribution >= 0.6 is 11.3 Å². The third-order valence-electron chi connectivity index (χ3n) is 3.91. The van der Waals surface area contributed by atoms with E-state index in [1.54, 1.807) is 17.4 Å². The molecule has 0 spiro atoms. The van der Waals surface area contributed by atoms with Crippen molar-refractivity contribution in [1.82, 2.24) is 0 Å². The van der Waals surface area contributed by atoms with Crippen LogP contribution < -0.4 is 5.32 Å². The van der Waals surface area contributed by atoms with Gasteiger partial charge in [0.05, 0.1) is 0 Å². The summed E-state index contributed by atoms with van der Waals surface area (Å²) >= 11 is 1.65. The van der Waals surface area contributed by atoms with Crippen molar-refractivity contribution in [3.05, 3.63) is 57.3 Å². The van der Waals surface area contributed by atoms with Crippen molar-refractivity contribution < 1.29 is 4.79 Å². The van der Waals surface area contributed by atoms with Gasteiger partial charge in [0.25, 0.3) is 0 Å². The van der Waals surface area contributed by atoms with E-state index in [-0.39, 0.29) is 5.91 Å². The highest BCUT2D eigenvalue weighted by Crippen LogP contribution is 2.32. The molecule has 1 N–H and O–H groups in total. The van der Waals surface area contributed by atoms with Crippen LogP contribution in [0, 0.1) is 6.92 Å². The van der Waals surface area contributed by atoms with E-state index < -0.39 is 0 Å². The predicted molar refractivity (Wildman–Crippen MR) is 101 cm³/mol. The van der Waals surface area contributed by atoms with Gasteiger partial charge in [0.2, 0.25) is 5.91 Å². The Morgan fingerprint density at radius 3 is 2.17 bits per heavy atom. The predicted octanol–water partition coefficient (Wildman–Crippen LogP) is 5.96. The lowest BCUT2D eigenvalue weighted by Gasteiger charge is -2.19. The second-order valence-electron chi connectivity index (χ2n) is 6.41. The average Bonchev–Trinajstić information content (AvgIpc) is 2.90. The highest BCUT2D eigenvalue weighted by molar-refractivity contribution is 7.11. The molecule has 0 aliphatic rings. The standard InChI is InChI=1S/C20H25NOS/c1-13(2)16-7-6-8-17(14(3)4)20(16)21-19(22)10-9-18-15(5)11-12-23-18/h6-14H,1-5H3,(H,21,22)/b10-9+. The summed E-state index contributed by atoms with van der Waals surface area (Å²) in [5.41, 5.74) is 4.54. The number of aryl methyl sites for hydroxylation is 1. The normalized spacial score (nSPS) is 11.6. The summed E-state index contributed by atoms with van der Waals surface area (Å²) in [5, 5.41) is 5.14. The fraction of sp³-hybridized carbons (Fsp3) is 0.350. The minimum Gasteiger partial charge on any atom is -0.322 e. The van der Waals surface area contributed by atoms with E-state index in [4.69, 9.17) is 0 Å². The Morgan fingerprint density at radius 1 is 1.09 bits per heavy atom. The Balaban J connectivity index is 2.26. The smallest absolute Gasteiger partial charge is 0.248 e. The molecule has 0 radical (unpaired) electrons. The van der Waals surface area contributed by atoms with E-state index in [1.807, 2.05) is 11.5 Å². The topological polar surface area (TPSA) is 29.1 Å². The Morgan fingerprint density at radius 2 is 1.70 bits per heavy atom. The number of carbonyl (C=O) groups excluding carboxylic acids is 1. The molecule has 0 bridgehead atoms. The third-order valence-corrected chi connectivity index (χ3v) is 4.89. The summed E-state index contributed by atoms with van der Waals surface area (Å²) in [4.78, 5) is 13.5. The summed E-state index contributed by atoms with van der Waals surface area (Å²) in [6.07, 6.45) is 3.52. The van der Waals surface area contributed by atoms with Crippen LogP contribution in [0.4, 0.5) is 5.69 Å². The number of anilines is 1. The maximum Gasteiger partial charge on any atom is 0.248 e. The second-order valence-corrected chi connectivity index (χ2v) is 7.36. The van der Waals surface area contributed by atoms with Gasteiger partial charge in [-0.1, -0.05) is 45.9 Å². The van der Waals surface area contributed by atoms with E-state index >= 15 is 0 Å². The molecule has 0 unspecified atom stereocenters. The molecular weight excluding hydrogens is 302 g/mol. The van der Waals surface area contributed by atoms with Crippen LogP contribution in [0.25, 0.3) is 6.08 Å². The largest absolute Gasteiger partial charge is 0.322 e. The molecule has 0 atom stereocenters. The monoisotopic (exact) mass is 327 g/mol. The summed E-state index contributed by atoms with van der Waals surface area (Å²) in [6, 6.07) is 8.33. The van der Waals surface area contributed by atoms with Gasteiger partial charge in [0, 0.05) is 16.6 Å². The number of hydrogen-bond acceptors (Lipinski definition) is 2. The van der Waals surface area contributed by atoms with Crippen LogP contribution in [0.2, 0.25) is 0 Å². The van der Waals surface area contributed by atoms with E-state index in [0.717, 1.165) is 10.6 Å². The first-order chi connectivity index (χ1) is 10.9. The first-order valence-electron chi connectivity index (χ1n) is 8.06. The van der Waals surface area contributed by atoms with Crippen LogP contribution in [0.1, 0.15) is 61.1 Å². The molecule has 1 heterocycles. The average molecular weight is 327 g/mol. The van der Waals surface area contributed by atoms with Gasteiger partial charge in [0.15, 0.2) is 0 Å². The summed E-state index contributed by atoms with van der Waals surface area (Å²) in [5.74, 6) is 0.660. The molecule has 0 saturated carbocycles. The SMILES string of the molecule is Cc1ccsc1/C=C/C(=O)Nc1c(C(C)C)cccc1C(C)C. The van der Waals surface area contributed by atoms with Crippen molar-refractivity contribution in [3.8, 4) is 0 Å². The Kier molecular flexibility index (Phi) is 5.78. The number of benzene rings is 1. The number of para-hydroxylation sites is 1. The van der Waals surface area contributed by atoms with Gasteiger partial charge in [-0.05, 0) is 53.0 Å². The maximum atomic E-state index is 12.4. The number of amides is 1. The zero-order chi connectivity index (χ0) is 17.0. The maximum absolute atomic E-state index is 12.4. The quantitative estimate of drug-likeness (QED) is 0.675. The van der Waals surface area contributed by atoms with Crippen molar-refractivity contribution in [3.63, 3.8) is 0 Å². The van der Waals surface area contributed by atoms with Gasteiger partial charge in [-0.25, -0.2) is 0 Å². The van der Waals surface area contributed by atoms with Crippen molar-refractivity contribution in [2.75, 3.05) is 5.32 Å². The lowest BCUT2D eigenvalue weighted by Crippen LogP contribution is -2.13. The molecule has 0 aliphatic heterocycles. The molecule has 1 amide bonds. The molecule has 2 nitrogen and oxygen atoms in total. The highest BCUT2D eigenvalue weighted by Gasteiger charge is 2.14. The van der Waals surface area contributed by atoms with Crippen LogP contribution in [0.3, 0.4) is 0 Å². The third kappa shape index (κ3) is 4.32. The fourth-order valence-corrected chi connectivity index (χ4v) is 3.39. The van der Waals surface area contributed by atoms with Crippen molar-refractivity contribution in [1.29, 1.82) is 0 Å². The zero-order valence-corrected chi connectivity index (χ0v) is 15.3. The number of thiophene rings is 1. The van der Waals surface area contributed by atoms with Gasteiger partial charge in [0.1, 0.15) is 0 Å². The van der Waals surface area contributed by atoms with E-state index in [9.17, 15) is 4.79 Å². The zero-order valence-electron chi connectivity index (χ0n) is 14.5. The van der Waals surface area contributed by atoms with Crippen LogP contribution in [0.5, 0.6) is 0 Å². The summed E-state index contributed by atoms with van der Waals surface area (Å²) in [6.45, 7) is 10.7. The molecule has 1 aromatic carbocycles. The molecule has 23 heavy (non-hydrogen) atoms. The number of carbonyl (C=O) groups is 1. The second kappa shape index (κ2) is 7.60. The van der Waals surface area contributed by atoms with Gasteiger partial charge in [-0.2, -0.15) is 0 Å². The van der Waals surface area contributed by atoms with E-state index in [0.29, 0.717) is 11.8 Å². The lowest BCUT2D eigenvalue weighted by atomic mass is 9.92. The van der Waals surface area contributed by atoms with Gasteiger partial charge in [-0.3, -0.25) is 4.79 Å². The minimum atomic E-state index is -0.0761.